The molecule has 4 nitrogen and oxygen atoms in total. The van der Waals surface area contributed by atoms with Crippen molar-refractivity contribution in [3.63, 3.8) is 0 Å². The lowest BCUT2D eigenvalue weighted by Gasteiger charge is -2.41. The van der Waals surface area contributed by atoms with E-state index in [0.717, 1.165) is 24.6 Å². The van der Waals surface area contributed by atoms with Gasteiger partial charge < -0.3 is 10.3 Å². The van der Waals surface area contributed by atoms with Gasteiger partial charge in [0.1, 0.15) is 0 Å². The highest BCUT2D eigenvalue weighted by molar-refractivity contribution is 9.09. The first-order valence-corrected chi connectivity index (χ1v) is 6.35. The summed E-state index contributed by atoms with van der Waals surface area (Å²) in [5.41, 5.74) is 0.204. The second-order valence-corrected chi connectivity index (χ2v) is 4.72. The van der Waals surface area contributed by atoms with Gasteiger partial charge >= 0.3 is 0 Å². The van der Waals surface area contributed by atoms with Crippen molar-refractivity contribution in [3.05, 3.63) is 34.2 Å². The van der Waals surface area contributed by atoms with E-state index in [1.54, 1.807) is 0 Å². The van der Waals surface area contributed by atoms with Gasteiger partial charge in [-0.15, -0.1) is 0 Å². The van der Waals surface area contributed by atoms with Crippen molar-refractivity contribution in [3.8, 4) is 0 Å². The number of nitrogens with one attached hydrogen (secondary N) is 2. The van der Waals surface area contributed by atoms with E-state index in [4.69, 9.17) is 0 Å². The van der Waals surface area contributed by atoms with Crippen molar-refractivity contribution in [2.24, 2.45) is 0 Å². The SMILES string of the molecule is O=C(NC1(CBr)CCC1)c1ccc(=O)[nH]c1. The van der Waals surface area contributed by atoms with Gasteiger partial charge in [0.15, 0.2) is 0 Å². The fourth-order valence-corrected chi connectivity index (χ4v) is 2.46. The van der Waals surface area contributed by atoms with E-state index >= 15 is 0 Å². The minimum Gasteiger partial charge on any atom is -0.346 e. The largest absolute Gasteiger partial charge is 0.346 e. The number of aromatic amines is 1. The van der Waals surface area contributed by atoms with Crippen molar-refractivity contribution in [2.75, 3.05) is 5.33 Å². The van der Waals surface area contributed by atoms with Gasteiger partial charge in [-0.05, 0) is 25.3 Å². The molecule has 0 bridgehead atoms. The predicted octanol–water partition coefficient (Wildman–Crippen LogP) is 1.42. The second kappa shape index (κ2) is 4.41. The maximum absolute atomic E-state index is 11.9. The summed E-state index contributed by atoms with van der Waals surface area (Å²) in [6, 6.07) is 2.89. The number of carbonyl (C=O) groups is 1. The third-order valence-corrected chi connectivity index (χ3v) is 4.06. The van der Waals surface area contributed by atoms with Crippen LogP contribution in [0.3, 0.4) is 0 Å². The third-order valence-electron chi connectivity index (χ3n) is 2.99. The Kier molecular flexibility index (Phi) is 3.14. The molecule has 1 aliphatic carbocycles. The van der Waals surface area contributed by atoms with E-state index < -0.39 is 0 Å². The van der Waals surface area contributed by atoms with Crippen molar-refractivity contribution in [2.45, 2.75) is 24.8 Å². The number of pyridine rings is 1. The lowest BCUT2D eigenvalue weighted by atomic mass is 9.78. The van der Waals surface area contributed by atoms with Gasteiger partial charge in [-0.3, -0.25) is 9.59 Å². The van der Waals surface area contributed by atoms with Crippen molar-refractivity contribution in [1.82, 2.24) is 10.3 Å². The standard InChI is InChI=1S/C11H13BrN2O2/c12-7-11(4-1-5-11)14-10(16)8-2-3-9(15)13-6-8/h2-3,6H,1,4-5,7H2,(H,13,15)(H,14,16). The van der Waals surface area contributed by atoms with Gasteiger partial charge in [0.2, 0.25) is 5.56 Å². The van der Waals surface area contributed by atoms with Gasteiger partial charge in [-0.2, -0.15) is 0 Å². The molecule has 16 heavy (non-hydrogen) atoms. The van der Waals surface area contributed by atoms with Crippen LogP contribution in [-0.4, -0.2) is 21.8 Å². The minimum atomic E-state index is -0.199. The summed E-state index contributed by atoms with van der Waals surface area (Å²) in [4.78, 5) is 25.2. The number of amides is 1. The molecule has 0 aromatic carbocycles. The summed E-state index contributed by atoms with van der Waals surface area (Å²) in [7, 11) is 0. The molecule has 5 heteroatoms. The number of rotatable bonds is 3. The number of hydrogen-bond donors (Lipinski definition) is 2. The van der Waals surface area contributed by atoms with Crippen molar-refractivity contribution < 1.29 is 4.79 Å². The Morgan fingerprint density at radius 1 is 1.50 bits per heavy atom. The molecule has 1 fully saturated rings. The fraction of sp³-hybridized carbons (Fsp3) is 0.455. The molecular weight excluding hydrogens is 272 g/mol. The normalized spacial score (nSPS) is 17.6. The van der Waals surface area contributed by atoms with E-state index in [0.29, 0.717) is 5.56 Å². The van der Waals surface area contributed by atoms with Crippen molar-refractivity contribution in [1.29, 1.82) is 0 Å². The van der Waals surface area contributed by atoms with Gasteiger partial charge in [-0.1, -0.05) is 15.9 Å². The Bertz CT molecular complexity index is 426. The predicted molar refractivity (Wildman–Crippen MR) is 64.9 cm³/mol. The summed E-state index contributed by atoms with van der Waals surface area (Å²) in [6.07, 6.45) is 4.61. The molecular formula is C11H13BrN2O2. The van der Waals surface area contributed by atoms with Crippen LogP contribution in [-0.2, 0) is 0 Å². The number of hydrogen-bond acceptors (Lipinski definition) is 2. The summed E-state index contributed by atoms with van der Waals surface area (Å²) >= 11 is 3.42. The Morgan fingerprint density at radius 2 is 2.25 bits per heavy atom. The molecule has 1 aromatic heterocycles. The maximum atomic E-state index is 11.9. The van der Waals surface area contributed by atoms with Crippen LogP contribution in [0.5, 0.6) is 0 Å². The van der Waals surface area contributed by atoms with Crippen LogP contribution in [0.2, 0.25) is 0 Å². The average molecular weight is 285 g/mol. The molecule has 0 spiro atoms. The Labute approximate surface area is 102 Å². The third kappa shape index (κ3) is 2.19. The molecule has 86 valence electrons. The quantitative estimate of drug-likeness (QED) is 0.825. The molecule has 0 unspecified atom stereocenters. The molecule has 2 rings (SSSR count). The number of H-pyrrole nitrogens is 1. The molecule has 0 saturated heterocycles. The number of aromatic nitrogens is 1. The molecule has 0 radical (unpaired) electrons. The fourth-order valence-electron chi connectivity index (χ4n) is 1.76. The topological polar surface area (TPSA) is 62.0 Å². The Hall–Kier alpha value is -1.10. The van der Waals surface area contributed by atoms with Crippen LogP contribution in [0, 0.1) is 0 Å². The lowest BCUT2D eigenvalue weighted by Crippen LogP contribution is -2.54. The van der Waals surface area contributed by atoms with Crippen LogP contribution in [0.1, 0.15) is 29.6 Å². The van der Waals surface area contributed by atoms with Crippen LogP contribution < -0.4 is 10.9 Å². The molecule has 1 saturated carbocycles. The van der Waals surface area contributed by atoms with Crippen LogP contribution in [0.25, 0.3) is 0 Å². The van der Waals surface area contributed by atoms with Crippen LogP contribution in [0.15, 0.2) is 23.1 Å². The molecule has 1 aromatic rings. The summed E-state index contributed by atoms with van der Waals surface area (Å²) in [5.74, 6) is -0.129. The van der Waals surface area contributed by atoms with Gasteiger partial charge in [0.05, 0.1) is 11.1 Å². The number of alkyl halides is 1. The minimum absolute atomic E-state index is 0.0901. The summed E-state index contributed by atoms with van der Waals surface area (Å²) in [5, 5.41) is 3.78. The molecule has 1 heterocycles. The van der Waals surface area contributed by atoms with E-state index in [1.807, 2.05) is 0 Å². The lowest BCUT2D eigenvalue weighted by molar-refractivity contribution is 0.0856. The molecule has 1 amide bonds. The van der Waals surface area contributed by atoms with Crippen LogP contribution in [0.4, 0.5) is 0 Å². The average Bonchev–Trinajstić information content (AvgIpc) is 2.24. The molecule has 0 aliphatic heterocycles. The summed E-state index contributed by atoms with van der Waals surface area (Å²) in [6.45, 7) is 0. The van der Waals surface area contributed by atoms with E-state index in [1.165, 1.54) is 18.3 Å². The number of carbonyl (C=O) groups excluding carboxylic acids is 1. The van der Waals surface area contributed by atoms with E-state index in [9.17, 15) is 9.59 Å². The highest BCUT2D eigenvalue weighted by atomic mass is 79.9. The zero-order valence-corrected chi connectivity index (χ0v) is 10.3. The molecule has 1 aliphatic rings. The maximum Gasteiger partial charge on any atom is 0.253 e. The monoisotopic (exact) mass is 284 g/mol. The highest BCUT2D eigenvalue weighted by Gasteiger charge is 2.37. The Balaban J connectivity index is 2.08. The van der Waals surface area contributed by atoms with Gasteiger partial charge in [0, 0.05) is 17.6 Å². The molecule has 0 atom stereocenters. The number of halogens is 1. The smallest absolute Gasteiger partial charge is 0.253 e. The van der Waals surface area contributed by atoms with E-state index in [-0.39, 0.29) is 17.0 Å². The van der Waals surface area contributed by atoms with Crippen LogP contribution >= 0.6 is 15.9 Å². The first-order chi connectivity index (χ1) is 7.65. The van der Waals surface area contributed by atoms with Crippen molar-refractivity contribution >= 4 is 21.8 Å². The second-order valence-electron chi connectivity index (χ2n) is 4.16. The Morgan fingerprint density at radius 3 is 2.69 bits per heavy atom. The van der Waals surface area contributed by atoms with E-state index in [2.05, 4.69) is 26.2 Å². The highest BCUT2D eigenvalue weighted by Crippen LogP contribution is 2.33. The first kappa shape index (κ1) is 11.4. The zero-order chi connectivity index (χ0) is 11.6. The first-order valence-electron chi connectivity index (χ1n) is 5.22. The van der Waals surface area contributed by atoms with Gasteiger partial charge in [-0.25, -0.2) is 0 Å². The zero-order valence-electron chi connectivity index (χ0n) is 8.75. The molecule has 2 N–H and O–H groups in total. The van der Waals surface area contributed by atoms with Gasteiger partial charge in [0.25, 0.3) is 5.91 Å². The summed E-state index contributed by atoms with van der Waals surface area (Å²) < 4.78 is 0.